The number of carbonyl (C=O) groups is 1. The number of allylic oxidation sites excluding steroid dienone is 4. The van der Waals surface area contributed by atoms with Crippen LogP contribution in [0.25, 0.3) is 6.08 Å². The first-order valence-corrected chi connectivity index (χ1v) is 12.3. The third-order valence-electron chi connectivity index (χ3n) is 6.12. The van der Waals surface area contributed by atoms with Crippen LogP contribution < -0.4 is 0 Å². The topological polar surface area (TPSA) is 107 Å². The lowest BCUT2D eigenvalue weighted by molar-refractivity contribution is -0.162. The number of phenolic OH excluding ortho intramolecular Hbond substituents is 2. The molecule has 0 heterocycles. The lowest BCUT2D eigenvalue weighted by atomic mass is 9.88. The fourth-order valence-corrected chi connectivity index (χ4v) is 3.77. The van der Waals surface area contributed by atoms with Crippen LogP contribution in [0.1, 0.15) is 91.2 Å². The largest absolute Gasteiger partial charge is 0.508 e. The maximum absolute atomic E-state index is 11.6. The fourth-order valence-electron chi connectivity index (χ4n) is 3.77. The van der Waals surface area contributed by atoms with Crippen molar-refractivity contribution in [3.63, 3.8) is 0 Å². The summed E-state index contributed by atoms with van der Waals surface area (Å²) >= 11 is 0. The Balaban J connectivity index is 2.70. The molecule has 4 N–H and O–H groups in total. The monoisotopic (exact) mass is 488 g/mol. The van der Waals surface area contributed by atoms with E-state index in [0.29, 0.717) is 49.7 Å². The summed E-state index contributed by atoms with van der Waals surface area (Å²) in [5, 5.41) is 41.5. The van der Waals surface area contributed by atoms with E-state index in [1.807, 2.05) is 26.8 Å². The number of aromatic hydroxyl groups is 2. The van der Waals surface area contributed by atoms with Gasteiger partial charge in [-0.2, -0.15) is 0 Å². The van der Waals surface area contributed by atoms with Gasteiger partial charge < -0.3 is 25.2 Å². The molecule has 196 valence electrons. The van der Waals surface area contributed by atoms with Gasteiger partial charge >= 0.3 is 5.97 Å². The average molecular weight is 489 g/mol. The molecule has 0 radical (unpaired) electrons. The van der Waals surface area contributed by atoms with Crippen molar-refractivity contribution >= 4 is 12.0 Å². The van der Waals surface area contributed by atoms with Crippen molar-refractivity contribution < 1.29 is 30.0 Å². The second-order valence-corrected chi connectivity index (χ2v) is 10.3. The number of aliphatic hydroxyl groups is 2. The highest BCUT2D eigenvalue weighted by Gasteiger charge is 2.33. The number of hydrogen-bond donors (Lipinski definition) is 4. The molecule has 0 saturated heterocycles. The second kappa shape index (κ2) is 13.5. The van der Waals surface area contributed by atoms with Gasteiger partial charge in [0.15, 0.2) is 0 Å². The summed E-state index contributed by atoms with van der Waals surface area (Å²) in [7, 11) is 0. The van der Waals surface area contributed by atoms with Crippen molar-refractivity contribution in [1.82, 2.24) is 0 Å². The smallest absolute Gasteiger partial charge is 0.303 e. The first-order chi connectivity index (χ1) is 16.1. The minimum Gasteiger partial charge on any atom is -0.508 e. The quantitative estimate of drug-likeness (QED) is 0.152. The Kier molecular flexibility index (Phi) is 11.7. The lowest BCUT2D eigenvalue weighted by Crippen LogP contribution is -2.42. The van der Waals surface area contributed by atoms with Gasteiger partial charge in [-0.1, -0.05) is 35.5 Å². The zero-order valence-corrected chi connectivity index (χ0v) is 22.4. The van der Waals surface area contributed by atoms with E-state index >= 15 is 0 Å². The van der Waals surface area contributed by atoms with E-state index in [1.165, 1.54) is 24.6 Å². The van der Waals surface area contributed by atoms with Crippen LogP contribution in [-0.2, 0) is 9.53 Å². The molecule has 6 nitrogen and oxygen atoms in total. The molecule has 0 spiro atoms. The van der Waals surface area contributed by atoms with Gasteiger partial charge in [0.2, 0.25) is 0 Å². The highest BCUT2D eigenvalue weighted by molar-refractivity contribution is 5.66. The predicted octanol–water partition coefficient (Wildman–Crippen LogP) is 6.11. The predicted molar refractivity (Wildman–Crippen MR) is 141 cm³/mol. The van der Waals surface area contributed by atoms with Crippen molar-refractivity contribution in [2.45, 2.75) is 104 Å². The zero-order chi connectivity index (χ0) is 26.8. The van der Waals surface area contributed by atoms with Crippen LogP contribution in [0.3, 0.4) is 0 Å². The number of aryl methyl sites for hydroxylation is 1. The summed E-state index contributed by atoms with van der Waals surface area (Å²) in [5.41, 5.74) is 1.07. The molecule has 0 aliphatic heterocycles. The number of esters is 1. The van der Waals surface area contributed by atoms with E-state index in [-0.39, 0.29) is 11.5 Å². The molecule has 0 aliphatic rings. The summed E-state index contributed by atoms with van der Waals surface area (Å²) in [6, 6.07) is 2.95. The van der Waals surface area contributed by atoms with Crippen molar-refractivity contribution in [2.75, 3.05) is 0 Å². The Bertz CT molecular complexity index is 933. The van der Waals surface area contributed by atoms with Crippen LogP contribution in [0, 0.1) is 6.92 Å². The van der Waals surface area contributed by atoms with Crippen molar-refractivity contribution in [3.8, 4) is 11.5 Å². The van der Waals surface area contributed by atoms with Crippen LogP contribution in [0.15, 0.2) is 41.5 Å². The van der Waals surface area contributed by atoms with E-state index in [2.05, 4.69) is 6.08 Å². The van der Waals surface area contributed by atoms with Crippen molar-refractivity contribution in [1.29, 1.82) is 0 Å². The molecule has 0 saturated carbocycles. The van der Waals surface area contributed by atoms with Crippen molar-refractivity contribution in [2.24, 2.45) is 0 Å². The number of carbonyl (C=O) groups excluding carboxylic acids is 1. The van der Waals surface area contributed by atoms with Crippen molar-refractivity contribution in [3.05, 3.63) is 52.6 Å². The first-order valence-electron chi connectivity index (χ1n) is 12.3. The average Bonchev–Trinajstić information content (AvgIpc) is 2.71. The third-order valence-corrected chi connectivity index (χ3v) is 6.12. The molecule has 0 fully saturated rings. The molecule has 1 aromatic carbocycles. The normalized spacial score (nSPS) is 16.4. The SMILES string of the molecule is CC(=O)O[C@H](CC/C(C)=C/CC[C@](C)(O)C=Cc1cc(O)c(C)cc1O)[C@@](C)(O)CCC=C(C)C. The molecule has 6 heteroatoms. The van der Waals surface area contributed by atoms with Crippen LogP contribution in [0.2, 0.25) is 0 Å². The van der Waals surface area contributed by atoms with E-state index in [9.17, 15) is 25.2 Å². The molecular formula is C29H44O6. The maximum atomic E-state index is 11.6. The van der Waals surface area contributed by atoms with Crippen LogP contribution in [0.5, 0.6) is 11.5 Å². The van der Waals surface area contributed by atoms with Gasteiger partial charge in [0.05, 0.1) is 11.2 Å². The molecule has 0 aliphatic carbocycles. The highest BCUT2D eigenvalue weighted by Crippen LogP contribution is 2.29. The summed E-state index contributed by atoms with van der Waals surface area (Å²) in [6.45, 7) is 12.5. The number of hydrogen-bond acceptors (Lipinski definition) is 6. The molecule has 0 aromatic heterocycles. The van der Waals surface area contributed by atoms with Gasteiger partial charge in [0.1, 0.15) is 17.6 Å². The van der Waals surface area contributed by atoms with Crippen LogP contribution in [0.4, 0.5) is 0 Å². The Labute approximate surface area is 210 Å². The lowest BCUT2D eigenvalue weighted by Gasteiger charge is -2.32. The second-order valence-electron chi connectivity index (χ2n) is 10.3. The minimum absolute atomic E-state index is 0.0437. The van der Waals surface area contributed by atoms with Gasteiger partial charge in [-0.25, -0.2) is 0 Å². The molecule has 0 amide bonds. The maximum Gasteiger partial charge on any atom is 0.303 e. The number of rotatable bonds is 13. The van der Waals surface area contributed by atoms with E-state index < -0.39 is 23.3 Å². The summed E-state index contributed by atoms with van der Waals surface area (Å²) < 4.78 is 5.46. The standard InChI is InChI=1S/C29H44O6/c1-20(2)10-8-16-29(7,34)27(35-23(5)30)13-12-21(3)11-9-15-28(6,33)17-14-24-19-25(31)22(4)18-26(24)32/h10-11,14,17-19,27,31-34H,8-9,12-13,15-16H2,1-7H3/b17-14?,21-11+/t27-,28+,29+/m1/s1. The minimum atomic E-state index is -1.12. The third kappa shape index (κ3) is 11.6. The summed E-state index contributed by atoms with van der Waals surface area (Å²) in [5.74, 6) is -0.277. The van der Waals surface area contributed by atoms with Gasteiger partial charge in [-0.3, -0.25) is 4.79 Å². The molecule has 0 bridgehead atoms. The van der Waals surface area contributed by atoms with Crippen LogP contribution >= 0.6 is 0 Å². The first kappa shape index (κ1) is 30.5. The highest BCUT2D eigenvalue weighted by atomic mass is 16.6. The Morgan fingerprint density at radius 3 is 2.23 bits per heavy atom. The zero-order valence-electron chi connectivity index (χ0n) is 22.4. The van der Waals surface area contributed by atoms with Gasteiger partial charge in [-0.15, -0.1) is 0 Å². The molecule has 0 unspecified atom stereocenters. The Morgan fingerprint density at radius 1 is 1.00 bits per heavy atom. The van der Waals surface area contributed by atoms with Crippen LogP contribution in [-0.4, -0.2) is 43.7 Å². The Morgan fingerprint density at radius 2 is 1.63 bits per heavy atom. The summed E-state index contributed by atoms with van der Waals surface area (Å²) in [6.07, 6.45) is 10.2. The van der Waals surface area contributed by atoms with E-state index in [0.717, 1.165) is 5.57 Å². The molecule has 1 rings (SSSR count). The number of benzene rings is 1. The summed E-state index contributed by atoms with van der Waals surface area (Å²) in [4.78, 5) is 11.6. The number of phenols is 2. The Hall–Kier alpha value is -2.57. The molecule has 35 heavy (non-hydrogen) atoms. The molecule has 1 aromatic rings. The number of ether oxygens (including phenoxy) is 1. The van der Waals surface area contributed by atoms with Gasteiger partial charge in [0.25, 0.3) is 0 Å². The van der Waals surface area contributed by atoms with Gasteiger partial charge in [0, 0.05) is 12.5 Å². The van der Waals surface area contributed by atoms with E-state index in [1.54, 1.807) is 32.9 Å². The molecule has 3 atom stereocenters. The fraction of sp³-hybridized carbons (Fsp3) is 0.552. The van der Waals surface area contributed by atoms with E-state index in [4.69, 9.17) is 4.74 Å². The van der Waals surface area contributed by atoms with Gasteiger partial charge in [-0.05, 0) is 97.8 Å². The molecular weight excluding hydrogens is 444 g/mol.